The normalized spacial score (nSPS) is 17.1. The van der Waals surface area contributed by atoms with Crippen LogP contribution in [0, 0.1) is 5.92 Å². The van der Waals surface area contributed by atoms with Gasteiger partial charge >= 0.3 is 6.09 Å². The summed E-state index contributed by atoms with van der Waals surface area (Å²) in [6.07, 6.45) is 4.51. The third-order valence-electron chi connectivity index (χ3n) is 5.98. The Hall–Kier alpha value is -3.06. The second kappa shape index (κ2) is 10.5. The average Bonchev–Trinajstić information content (AvgIpc) is 3.60. The van der Waals surface area contributed by atoms with E-state index in [1.54, 1.807) is 57.2 Å². The molecule has 1 aliphatic heterocycles. The average molecular weight is 466 g/mol. The molecule has 4 rings (SSSR count). The van der Waals surface area contributed by atoms with Crippen LogP contribution in [0.2, 0.25) is 0 Å². The SMILES string of the molecule is CC(C)(C)OC(=O)Nc1ccccc1NC(=O)c1ccc(OC2CCN(CC3CC3)CC2)cc1. The van der Waals surface area contributed by atoms with Crippen LogP contribution in [-0.4, -0.2) is 48.2 Å². The molecule has 0 aromatic heterocycles. The summed E-state index contributed by atoms with van der Waals surface area (Å²) in [5.74, 6) is 1.44. The molecule has 1 heterocycles. The summed E-state index contributed by atoms with van der Waals surface area (Å²) in [5, 5.41) is 5.56. The van der Waals surface area contributed by atoms with E-state index >= 15 is 0 Å². The van der Waals surface area contributed by atoms with E-state index in [0.29, 0.717) is 16.9 Å². The molecule has 182 valence electrons. The zero-order valence-corrected chi connectivity index (χ0v) is 20.3. The van der Waals surface area contributed by atoms with Crippen LogP contribution >= 0.6 is 0 Å². The molecule has 1 aliphatic carbocycles. The lowest BCUT2D eigenvalue weighted by molar-refractivity contribution is 0.0635. The number of anilines is 2. The van der Waals surface area contributed by atoms with Crippen LogP contribution in [0.5, 0.6) is 5.75 Å². The minimum atomic E-state index is -0.611. The van der Waals surface area contributed by atoms with Crippen molar-refractivity contribution in [3.05, 3.63) is 54.1 Å². The zero-order valence-electron chi connectivity index (χ0n) is 20.3. The summed E-state index contributed by atoms with van der Waals surface area (Å²) in [7, 11) is 0. The Morgan fingerprint density at radius 2 is 1.53 bits per heavy atom. The molecule has 0 radical (unpaired) electrons. The van der Waals surface area contributed by atoms with Gasteiger partial charge in [0, 0.05) is 25.2 Å². The fourth-order valence-electron chi connectivity index (χ4n) is 4.06. The number of ether oxygens (including phenoxy) is 2. The van der Waals surface area contributed by atoms with Gasteiger partial charge in [-0.25, -0.2) is 4.79 Å². The molecule has 2 amide bonds. The number of likely N-dealkylation sites (tertiary alicyclic amines) is 1. The van der Waals surface area contributed by atoms with Gasteiger partial charge in [0.2, 0.25) is 0 Å². The van der Waals surface area contributed by atoms with E-state index in [4.69, 9.17) is 9.47 Å². The lowest BCUT2D eigenvalue weighted by atomic mass is 10.1. The summed E-state index contributed by atoms with van der Waals surface area (Å²) >= 11 is 0. The van der Waals surface area contributed by atoms with Gasteiger partial charge in [-0.1, -0.05) is 12.1 Å². The molecule has 2 fully saturated rings. The number of carbonyl (C=O) groups excluding carboxylic acids is 2. The Labute approximate surface area is 201 Å². The van der Waals surface area contributed by atoms with Crippen molar-refractivity contribution in [2.45, 2.75) is 58.2 Å². The standard InChI is InChI=1S/C27H35N3O4/c1-27(2,3)34-26(32)29-24-7-5-4-6-23(24)28-25(31)20-10-12-21(13-11-20)33-22-14-16-30(17-15-22)18-19-8-9-19/h4-7,10-13,19,22H,8-9,14-18H2,1-3H3,(H,28,31)(H,29,32). The van der Waals surface area contributed by atoms with Gasteiger partial charge in [0.25, 0.3) is 5.91 Å². The number of piperidine rings is 1. The quantitative estimate of drug-likeness (QED) is 0.561. The lowest BCUT2D eigenvalue weighted by Crippen LogP contribution is -2.39. The minimum absolute atomic E-state index is 0.223. The minimum Gasteiger partial charge on any atom is -0.490 e. The van der Waals surface area contributed by atoms with Crippen LogP contribution in [0.4, 0.5) is 16.2 Å². The molecule has 2 aliphatic rings. The van der Waals surface area contributed by atoms with E-state index in [1.807, 2.05) is 12.1 Å². The van der Waals surface area contributed by atoms with E-state index in [2.05, 4.69) is 15.5 Å². The maximum absolute atomic E-state index is 12.8. The van der Waals surface area contributed by atoms with Crippen LogP contribution in [-0.2, 0) is 4.74 Å². The predicted octanol–water partition coefficient (Wildman–Crippen LogP) is 5.54. The van der Waals surface area contributed by atoms with Crippen molar-refractivity contribution >= 4 is 23.4 Å². The summed E-state index contributed by atoms with van der Waals surface area (Å²) in [6, 6.07) is 14.2. The van der Waals surface area contributed by atoms with Crippen molar-refractivity contribution in [1.29, 1.82) is 0 Å². The molecule has 0 spiro atoms. The molecule has 7 heteroatoms. The summed E-state index contributed by atoms with van der Waals surface area (Å²) in [5.41, 5.74) is 0.869. The summed E-state index contributed by atoms with van der Waals surface area (Å²) in [6.45, 7) is 8.83. The van der Waals surface area contributed by atoms with Gasteiger partial charge < -0.3 is 19.7 Å². The van der Waals surface area contributed by atoms with Gasteiger partial charge in [-0.05, 0) is 88.8 Å². The van der Waals surface area contributed by atoms with E-state index < -0.39 is 11.7 Å². The molecule has 0 atom stereocenters. The fraction of sp³-hybridized carbons (Fsp3) is 0.481. The number of carbonyl (C=O) groups is 2. The second-order valence-corrected chi connectivity index (χ2v) is 10.2. The van der Waals surface area contributed by atoms with E-state index in [-0.39, 0.29) is 12.0 Å². The first-order chi connectivity index (χ1) is 16.2. The van der Waals surface area contributed by atoms with Crippen molar-refractivity contribution in [2.75, 3.05) is 30.3 Å². The summed E-state index contributed by atoms with van der Waals surface area (Å²) < 4.78 is 11.5. The molecule has 0 bridgehead atoms. The van der Waals surface area contributed by atoms with Crippen molar-refractivity contribution in [3.63, 3.8) is 0 Å². The van der Waals surface area contributed by atoms with Crippen LogP contribution in [0.25, 0.3) is 0 Å². The molecule has 0 unspecified atom stereocenters. The van der Waals surface area contributed by atoms with Gasteiger partial charge in [-0.15, -0.1) is 0 Å². The van der Waals surface area contributed by atoms with Gasteiger partial charge in [-0.3, -0.25) is 10.1 Å². The van der Waals surface area contributed by atoms with E-state index in [9.17, 15) is 9.59 Å². The van der Waals surface area contributed by atoms with Crippen molar-refractivity contribution in [3.8, 4) is 5.75 Å². The maximum Gasteiger partial charge on any atom is 0.412 e. The smallest absolute Gasteiger partial charge is 0.412 e. The lowest BCUT2D eigenvalue weighted by Gasteiger charge is -2.32. The monoisotopic (exact) mass is 465 g/mol. The number of nitrogens with one attached hydrogen (secondary N) is 2. The Balaban J connectivity index is 1.30. The van der Waals surface area contributed by atoms with Gasteiger partial charge in [0.15, 0.2) is 0 Å². The highest BCUT2D eigenvalue weighted by molar-refractivity contribution is 6.06. The highest BCUT2D eigenvalue weighted by atomic mass is 16.6. The van der Waals surface area contributed by atoms with Crippen LogP contribution < -0.4 is 15.4 Å². The number of nitrogens with zero attached hydrogens (tertiary/aromatic N) is 1. The molecular weight excluding hydrogens is 430 g/mol. The van der Waals surface area contributed by atoms with Gasteiger partial charge in [0.05, 0.1) is 11.4 Å². The number of benzene rings is 2. The van der Waals surface area contributed by atoms with Crippen LogP contribution in [0.15, 0.2) is 48.5 Å². The summed E-state index contributed by atoms with van der Waals surface area (Å²) in [4.78, 5) is 27.5. The molecule has 7 nitrogen and oxygen atoms in total. The Bertz CT molecular complexity index is 988. The topological polar surface area (TPSA) is 79.9 Å². The van der Waals surface area contributed by atoms with Crippen molar-refractivity contribution < 1.29 is 19.1 Å². The maximum atomic E-state index is 12.8. The number of para-hydroxylation sites is 2. The first kappa shape index (κ1) is 24.1. The Morgan fingerprint density at radius 1 is 0.912 bits per heavy atom. The van der Waals surface area contributed by atoms with Crippen LogP contribution in [0.3, 0.4) is 0 Å². The van der Waals surface area contributed by atoms with Crippen LogP contribution in [0.1, 0.15) is 56.8 Å². The fourth-order valence-corrected chi connectivity index (χ4v) is 4.06. The van der Waals surface area contributed by atoms with E-state index in [0.717, 1.165) is 37.6 Å². The van der Waals surface area contributed by atoms with Crippen molar-refractivity contribution in [2.24, 2.45) is 5.92 Å². The Morgan fingerprint density at radius 3 is 2.12 bits per heavy atom. The predicted molar refractivity (Wildman–Crippen MR) is 134 cm³/mol. The number of rotatable bonds is 7. The molecule has 2 aromatic rings. The largest absolute Gasteiger partial charge is 0.490 e. The highest BCUT2D eigenvalue weighted by Crippen LogP contribution is 2.31. The van der Waals surface area contributed by atoms with Gasteiger partial charge in [0.1, 0.15) is 17.5 Å². The zero-order chi connectivity index (χ0) is 24.1. The third-order valence-corrected chi connectivity index (χ3v) is 5.98. The van der Waals surface area contributed by atoms with Crippen molar-refractivity contribution in [1.82, 2.24) is 4.90 Å². The first-order valence-corrected chi connectivity index (χ1v) is 12.1. The molecular formula is C27H35N3O4. The Kier molecular flexibility index (Phi) is 7.41. The molecule has 2 aromatic carbocycles. The molecule has 2 N–H and O–H groups in total. The molecule has 34 heavy (non-hydrogen) atoms. The first-order valence-electron chi connectivity index (χ1n) is 12.1. The van der Waals surface area contributed by atoms with E-state index in [1.165, 1.54) is 19.4 Å². The van der Waals surface area contributed by atoms with Gasteiger partial charge in [-0.2, -0.15) is 0 Å². The second-order valence-electron chi connectivity index (χ2n) is 10.2. The number of hydrogen-bond acceptors (Lipinski definition) is 5. The number of hydrogen-bond donors (Lipinski definition) is 2. The molecule has 1 saturated carbocycles. The highest BCUT2D eigenvalue weighted by Gasteiger charge is 2.27. The third kappa shape index (κ3) is 7.22. The number of amides is 2. The molecule has 1 saturated heterocycles.